The minimum absolute atomic E-state index is 0.509. The molecule has 0 aromatic heterocycles. The lowest BCUT2D eigenvalue weighted by Gasteiger charge is -2.32. The zero-order valence-corrected chi connectivity index (χ0v) is 26.4. The van der Waals surface area contributed by atoms with Gasteiger partial charge in [-0.25, -0.2) is 0 Å². The molecule has 3 aromatic carbocycles. The third-order valence-electron chi connectivity index (χ3n) is 9.80. The molecule has 43 heavy (non-hydrogen) atoms. The van der Waals surface area contributed by atoms with Crippen LogP contribution in [0.4, 0.5) is 5.69 Å². The maximum Gasteiger partial charge on any atom is 0.120 e. The summed E-state index contributed by atoms with van der Waals surface area (Å²) in [6.45, 7) is 6.37. The second-order valence-corrected chi connectivity index (χ2v) is 12.9. The molecule has 230 valence electrons. The molecule has 0 bridgehead atoms. The van der Waals surface area contributed by atoms with Crippen LogP contribution in [0, 0.1) is 5.92 Å². The molecule has 6 rings (SSSR count). The minimum Gasteiger partial charge on any atom is -0.497 e. The van der Waals surface area contributed by atoms with Crippen molar-refractivity contribution in [3.05, 3.63) is 82.9 Å². The fourth-order valence-electron chi connectivity index (χ4n) is 6.98. The summed E-state index contributed by atoms with van der Waals surface area (Å²) in [6.07, 6.45) is 12.5. The Labute approximate surface area is 259 Å². The summed E-state index contributed by atoms with van der Waals surface area (Å²) < 4.78 is 17.4. The monoisotopic (exact) mass is 582 g/mol. The SMILES string of the molecule is COc1ccc2c(c1)CCC(c1ccc(OC)cc1N(CCc1ccc(OCCN3CCCCCC3)cc1)CC1CC1)C2. The Kier molecular flexibility index (Phi) is 10.1. The van der Waals surface area contributed by atoms with Gasteiger partial charge in [-0.2, -0.15) is 0 Å². The molecule has 5 heteroatoms. The summed E-state index contributed by atoms with van der Waals surface area (Å²) in [7, 11) is 3.54. The van der Waals surface area contributed by atoms with E-state index in [-0.39, 0.29) is 0 Å². The summed E-state index contributed by atoms with van der Waals surface area (Å²) in [4.78, 5) is 5.22. The fourth-order valence-corrected chi connectivity index (χ4v) is 6.98. The van der Waals surface area contributed by atoms with E-state index in [4.69, 9.17) is 14.2 Å². The van der Waals surface area contributed by atoms with E-state index in [2.05, 4.69) is 70.5 Å². The Bertz CT molecular complexity index is 1310. The van der Waals surface area contributed by atoms with Crippen molar-refractivity contribution in [2.75, 3.05) is 58.5 Å². The first-order valence-electron chi connectivity index (χ1n) is 16.7. The van der Waals surface area contributed by atoms with Gasteiger partial charge in [0.15, 0.2) is 0 Å². The lowest BCUT2D eigenvalue weighted by Crippen LogP contribution is -2.30. The number of fused-ring (bicyclic) bond motifs is 1. The molecule has 0 amide bonds. The van der Waals surface area contributed by atoms with Crippen molar-refractivity contribution in [2.24, 2.45) is 5.92 Å². The molecule has 2 fully saturated rings. The van der Waals surface area contributed by atoms with E-state index in [1.54, 1.807) is 14.2 Å². The number of anilines is 1. The van der Waals surface area contributed by atoms with Gasteiger partial charge < -0.3 is 19.1 Å². The highest BCUT2D eigenvalue weighted by Gasteiger charge is 2.29. The topological polar surface area (TPSA) is 34.2 Å². The molecular weight excluding hydrogens is 532 g/mol. The van der Waals surface area contributed by atoms with Crippen LogP contribution in [0.15, 0.2) is 60.7 Å². The number of nitrogens with zero attached hydrogens (tertiary/aromatic N) is 2. The van der Waals surface area contributed by atoms with Crippen molar-refractivity contribution < 1.29 is 14.2 Å². The van der Waals surface area contributed by atoms with E-state index >= 15 is 0 Å². The van der Waals surface area contributed by atoms with Gasteiger partial charge in [-0.05, 0) is 129 Å². The number of benzene rings is 3. The van der Waals surface area contributed by atoms with Gasteiger partial charge in [0.25, 0.3) is 0 Å². The van der Waals surface area contributed by atoms with Crippen LogP contribution >= 0.6 is 0 Å². The first-order valence-corrected chi connectivity index (χ1v) is 16.7. The van der Waals surface area contributed by atoms with E-state index in [1.165, 1.54) is 79.6 Å². The van der Waals surface area contributed by atoms with Crippen LogP contribution in [0.2, 0.25) is 0 Å². The summed E-state index contributed by atoms with van der Waals surface area (Å²) in [5.41, 5.74) is 7.10. The second-order valence-electron chi connectivity index (χ2n) is 12.9. The van der Waals surface area contributed by atoms with Crippen LogP contribution in [-0.2, 0) is 19.3 Å². The maximum atomic E-state index is 6.13. The summed E-state index contributed by atoms with van der Waals surface area (Å²) in [5, 5.41) is 0. The van der Waals surface area contributed by atoms with E-state index in [0.717, 1.165) is 75.1 Å². The van der Waals surface area contributed by atoms with Crippen molar-refractivity contribution in [3.8, 4) is 17.2 Å². The average molecular weight is 583 g/mol. The van der Waals surface area contributed by atoms with Crippen molar-refractivity contribution >= 4 is 5.69 Å². The normalized spacial score (nSPS) is 18.9. The van der Waals surface area contributed by atoms with Gasteiger partial charge in [-0.3, -0.25) is 4.90 Å². The Morgan fingerprint density at radius 1 is 0.767 bits per heavy atom. The van der Waals surface area contributed by atoms with Gasteiger partial charge in [0, 0.05) is 31.4 Å². The Morgan fingerprint density at radius 3 is 2.23 bits per heavy atom. The second kappa shape index (κ2) is 14.5. The van der Waals surface area contributed by atoms with E-state index < -0.39 is 0 Å². The Balaban J connectivity index is 1.12. The van der Waals surface area contributed by atoms with E-state index in [0.29, 0.717) is 5.92 Å². The number of hydrogen-bond donors (Lipinski definition) is 0. The number of ether oxygens (including phenoxy) is 3. The van der Waals surface area contributed by atoms with Gasteiger partial charge in [0.05, 0.1) is 14.2 Å². The van der Waals surface area contributed by atoms with Gasteiger partial charge in [0.1, 0.15) is 23.9 Å². The molecule has 1 aliphatic heterocycles. The van der Waals surface area contributed by atoms with E-state index in [1.807, 2.05) is 0 Å². The van der Waals surface area contributed by atoms with Gasteiger partial charge in [-0.15, -0.1) is 0 Å². The molecule has 0 N–H and O–H groups in total. The smallest absolute Gasteiger partial charge is 0.120 e. The van der Waals surface area contributed by atoms with Crippen molar-refractivity contribution in [3.63, 3.8) is 0 Å². The standard InChI is InChI=1S/C38H50N2O3/c1-41-35-16-13-31-25-33(12-11-32(31)26-35)37-18-17-36(42-2)27-38(37)40(28-30-7-8-30)22-19-29-9-14-34(15-10-29)43-24-23-39-20-5-3-4-6-21-39/h9-10,13-18,26-27,30,33H,3-8,11-12,19-25,28H2,1-2H3. The van der Waals surface area contributed by atoms with Crippen LogP contribution in [-0.4, -0.2) is 58.5 Å². The number of likely N-dealkylation sites (tertiary alicyclic amines) is 1. The molecule has 2 aliphatic carbocycles. The molecule has 1 atom stereocenters. The third-order valence-corrected chi connectivity index (χ3v) is 9.80. The molecule has 1 saturated heterocycles. The van der Waals surface area contributed by atoms with Crippen LogP contribution in [0.1, 0.15) is 73.1 Å². The molecule has 3 aliphatic rings. The van der Waals surface area contributed by atoms with Crippen LogP contribution < -0.4 is 19.1 Å². The van der Waals surface area contributed by atoms with Crippen molar-refractivity contribution in [2.45, 2.75) is 70.1 Å². The molecule has 1 unspecified atom stereocenters. The molecule has 3 aromatic rings. The van der Waals surface area contributed by atoms with Crippen LogP contribution in [0.5, 0.6) is 17.2 Å². The van der Waals surface area contributed by atoms with Gasteiger partial charge >= 0.3 is 0 Å². The first-order chi connectivity index (χ1) is 21.2. The molecule has 5 nitrogen and oxygen atoms in total. The predicted molar refractivity (Wildman–Crippen MR) is 176 cm³/mol. The summed E-state index contributed by atoms with van der Waals surface area (Å²) in [6, 6.07) is 22.2. The molecule has 1 saturated carbocycles. The lowest BCUT2D eigenvalue weighted by molar-refractivity contribution is 0.214. The quantitative estimate of drug-likeness (QED) is 0.206. The highest BCUT2D eigenvalue weighted by molar-refractivity contribution is 5.60. The minimum atomic E-state index is 0.509. The Morgan fingerprint density at radius 2 is 1.49 bits per heavy atom. The average Bonchev–Trinajstić information content (AvgIpc) is 3.91. The van der Waals surface area contributed by atoms with E-state index in [9.17, 15) is 0 Å². The van der Waals surface area contributed by atoms with Crippen LogP contribution in [0.3, 0.4) is 0 Å². The zero-order chi connectivity index (χ0) is 29.4. The number of aryl methyl sites for hydroxylation is 1. The highest BCUT2D eigenvalue weighted by Crippen LogP contribution is 2.41. The first kappa shape index (κ1) is 29.9. The van der Waals surface area contributed by atoms with Crippen LogP contribution in [0.25, 0.3) is 0 Å². The maximum absolute atomic E-state index is 6.13. The lowest BCUT2D eigenvalue weighted by atomic mass is 9.79. The molecule has 0 spiro atoms. The third kappa shape index (κ3) is 8.06. The number of methoxy groups -OCH3 is 2. The number of rotatable bonds is 13. The fraction of sp³-hybridized carbons (Fsp3) is 0.526. The molecular formula is C38H50N2O3. The van der Waals surface area contributed by atoms with Crippen molar-refractivity contribution in [1.82, 2.24) is 4.90 Å². The predicted octanol–water partition coefficient (Wildman–Crippen LogP) is 7.69. The molecule has 0 radical (unpaired) electrons. The Hall–Kier alpha value is -3.18. The molecule has 1 heterocycles. The van der Waals surface area contributed by atoms with Gasteiger partial charge in [-0.1, -0.05) is 37.1 Å². The zero-order valence-electron chi connectivity index (χ0n) is 26.4. The summed E-state index contributed by atoms with van der Waals surface area (Å²) in [5.74, 6) is 4.21. The van der Waals surface area contributed by atoms with Crippen molar-refractivity contribution in [1.29, 1.82) is 0 Å². The van der Waals surface area contributed by atoms with Gasteiger partial charge in [0.2, 0.25) is 0 Å². The summed E-state index contributed by atoms with van der Waals surface area (Å²) >= 11 is 0. The number of hydrogen-bond acceptors (Lipinski definition) is 5. The highest BCUT2D eigenvalue weighted by atomic mass is 16.5. The largest absolute Gasteiger partial charge is 0.497 e.